The molecule has 96 valence electrons. The largest absolute Gasteiger partial charge is 0.465 e. The van der Waals surface area contributed by atoms with E-state index in [1.165, 1.54) is 5.56 Å². The summed E-state index contributed by atoms with van der Waals surface area (Å²) in [6.45, 7) is 6.19. The molecule has 0 saturated carbocycles. The van der Waals surface area contributed by atoms with E-state index in [0.29, 0.717) is 0 Å². The lowest BCUT2D eigenvalue weighted by Gasteiger charge is -2.19. The molecule has 0 aliphatic heterocycles. The summed E-state index contributed by atoms with van der Waals surface area (Å²) >= 11 is 5.89. The van der Waals surface area contributed by atoms with E-state index >= 15 is 0 Å². The van der Waals surface area contributed by atoms with Crippen molar-refractivity contribution in [3.05, 3.63) is 58.5 Å². The average Bonchev–Trinajstić information content (AvgIpc) is 2.76. The van der Waals surface area contributed by atoms with E-state index < -0.39 is 0 Å². The van der Waals surface area contributed by atoms with Crippen LogP contribution in [0.2, 0.25) is 5.02 Å². The fourth-order valence-corrected chi connectivity index (χ4v) is 2.12. The molecule has 0 fully saturated rings. The van der Waals surface area contributed by atoms with Crippen LogP contribution in [0, 0.1) is 6.92 Å². The Morgan fingerprint density at radius 1 is 1.00 bits per heavy atom. The summed E-state index contributed by atoms with van der Waals surface area (Å²) in [6.07, 6.45) is 0. The average molecular weight is 264 g/mol. The molecule has 0 saturated heterocycles. The van der Waals surface area contributed by atoms with Crippen LogP contribution in [0.4, 0.5) is 0 Å². The highest BCUT2D eigenvalue weighted by molar-refractivity contribution is 6.30. The van der Waals surface area contributed by atoms with E-state index in [2.05, 4.69) is 19.2 Å². The van der Waals surface area contributed by atoms with Crippen LogP contribution in [0.5, 0.6) is 0 Å². The summed E-state index contributed by atoms with van der Waals surface area (Å²) in [7, 11) is 0. The Bertz CT molecular complexity index is 503. The molecule has 1 heterocycles. The van der Waals surface area contributed by atoms with Gasteiger partial charge in [-0.3, -0.25) is 0 Å². The molecule has 0 spiro atoms. The lowest BCUT2D eigenvalue weighted by molar-refractivity contribution is 0.392. The zero-order chi connectivity index (χ0) is 13.1. The van der Waals surface area contributed by atoms with Gasteiger partial charge in [-0.15, -0.1) is 0 Å². The molecule has 1 aromatic carbocycles. The number of rotatable bonds is 4. The second kappa shape index (κ2) is 5.59. The van der Waals surface area contributed by atoms with Gasteiger partial charge >= 0.3 is 0 Å². The molecule has 0 bridgehead atoms. The summed E-state index contributed by atoms with van der Waals surface area (Å²) in [4.78, 5) is 0. The third-order valence-electron chi connectivity index (χ3n) is 3.06. The first-order valence-electron chi connectivity index (χ1n) is 6.14. The minimum absolute atomic E-state index is 0.185. The molecule has 2 aromatic rings. The standard InChI is InChI=1S/C15H18ClNO/c1-10-4-9-15(18-10)12(3)17-11(2)13-5-7-14(16)8-6-13/h4-9,11-12,17H,1-3H3/t11-,12?/m1/s1. The van der Waals surface area contributed by atoms with Crippen molar-refractivity contribution in [1.29, 1.82) is 0 Å². The van der Waals surface area contributed by atoms with Crippen LogP contribution in [-0.2, 0) is 0 Å². The first kappa shape index (κ1) is 13.2. The SMILES string of the molecule is Cc1ccc(C(C)N[C@H](C)c2ccc(Cl)cc2)o1. The lowest BCUT2D eigenvalue weighted by Crippen LogP contribution is -2.22. The molecule has 0 radical (unpaired) electrons. The Morgan fingerprint density at radius 2 is 1.67 bits per heavy atom. The van der Waals surface area contributed by atoms with Crippen LogP contribution >= 0.6 is 11.6 Å². The quantitative estimate of drug-likeness (QED) is 0.868. The first-order valence-corrected chi connectivity index (χ1v) is 6.52. The third kappa shape index (κ3) is 3.15. The Hall–Kier alpha value is -1.25. The third-order valence-corrected chi connectivity index (χ3v) is 3.31. The second-order valence-corrected chi connectivity index (χ2v) is 5.05. The molecule has 1 aromatic heterocycles. The maximum atomic E-state index is 5.89. The highest BCUT2D eigenvalue weighted by Gasteiger charge is 2.13. The molecule has 0 aliphatic carbocycles. The van der Waals surface area contributed by atoms with E-state index in [1.54, 1.807) is 0 Å². The highest BCUT2D eigenvalue weighted by atomic mass is 35.5. The lowest BCUT2D eigenvalue weighted by atomic mass is 10.1. The van der Waals surface area contributed by atoms with Gasteiger partial charge in [0.25, 0.3) is 0 Å². The van der Waals surface area contributed by atoms with Gasteiger partial charge in [0, 0.05) is 11.1 Å². The monoisotopic (exact) mass is 263 g/mol. The van der Waals surface area contributed by atoms with Gasteiger partial charge in [-0.1, -0.05) is 23.7 Å². The second-order valence-electron chi connectivity index (χ2n) is 4.61. The topological polar surface area (TPSA) is 25.2 Å². The molecule has 0 aliphatic rings. The van der Waals surface area contributed by atoms with Crippen LogP contribution in [0.1, 0.15) is 43.0 Å². The molecule has 3 heteroatoms. The van der Waals surface area contributed by atoms with Gasteiger partial charge in [0.05, 0.1) is 6.04 Å². The minimum atomic E-state index is 0.185. The van der Waals surface area contributed by atoms with E-state index in [0.717, 1.165) is 16.5 Å². The Labute approximate surface area is 113 Å². The van der Waals surface area contributed by atoms with E-state index in [4.69, 9.17) is 16.0 Å². The van der Waals surface area contributed by atoms with Crippen LogP contribution < -0.4 is 5.32 Å². The molecular weight excluding hydrogens is 246 g/mol. The van der Waals surface area contributed by atoms with Gasteiger partial charge in [0.1, 0.15) is 11.5 Å². The fraction of sp³-hybridized carbons (Fsp3) is 0.333. The van der Waals surface area contributed by atoms with Crippen LogP contribution in [0.25, 0.3) is 0 Å². The van der Waals surface area contributed by atoms with Crippen molar-refractivity contribution in [2.75, 3.05) is 0 Å². The van der Waals surface area contributed by atoms with E-state index in [-0.39, 0.29) is 12.1 Å². The summed E-state index contributed by atoms with van der Waals surface area (Å²) in [6, 6.07) is 12.3. The van der Waals surface area contributed by atoms with Crippen molar-refractivity contribution in [2.45, 2.75) is 32.9 Å². The fourth-order valence-electron chi connectivity index (χ4n) is 1.99. The zero-order valence-corrected chi connectivity index (χ0v) is 11.7. The van der Waals surface area contributed by atoms with Crippen LogP contribution in [0.3, 0.4) is 0 Å². The predicted molar refractivity (Wildman–Crippen MR) is 74.9 cm³/mol. The van der Waals surface area contributed by atoms with Crippen molar-refractivity contribution in [3.63, 3.8) is 0 Å². The Balaban J connectivity index is 2.02. The molecule has 1 unspecified atom stereocenters. The molecule has 2 rings (SSSR count). The number of hydrogen-bond donors (Lipinski definition) is 1. The summed E-state index contributed by atoms with van der Waals surface area (Å²) < 4.78 is 5.62. The van der Waals surface area contributed by atoms with Gasteiger partial charge in [-0.2, -0.15) is 0 Å². The number of benzene rings is 1. The van der Waals surface area contributed by atoms with Crippen molar-refractivity contribution in [2.24, 2.45) is 0 Å². The van der Waals surface area contributed by atoms with Gasteiger partial charge in [-0.05, 0) is 50.6 Å². The van der Waals surface area contributed by atoms with Gasteiger partial charge in [-0.25, -0.2) is 0 Å². The molecular formula is C15H18ClNO. The van der Waals surface area contributed by atoms with Crippen LogP contribution in [-0.4, -0.2) is 0 Å². The van der Waals surface area contributed by atoms with Crippen molar-refractivity contribution >= 4 is 11.6 Å². The number of furan rings is 1. The van der Waals surface area contributed by atoms with Crippen molar-refractivity contribution < 1.29 is 4.42 Å². The summed E-state index contributed by atoms with van der Waals surface area (Å²) in [5, 5.41) is 4.27. The van der Waals surface area contributed by atoms with Gasteiger partial charge in [0.15, 0.2) is 0 Å². The normalized spacial score (nSPS) is 14.4. The Kier molecular flexibility index (Phi) is 4.10. The number of aryl methyl sites for hydroxylation is 1. The summed E-state index contributed by atoms with van der Waals surface area (Å²) in [5.41, 5.74) is 1.22. The smallest absolute Gasteiger partial charge is 0.120 e. The summed E-state index contributed by atoms with van der Waals surface area (Å²) in [5.74, 6) is 1.91. The first-order chi connectivity index (χ1) is 8.56. The maximum absolute atomic E-state index is 5.89. The minimum Gasteiger partial charge on any atom is -0.465 e. The molecule has 0 amide bonds. The van der Waals surface area contributed by atoms with Crippen molar-refractivity contribution in [3.8, 4) is 0 Å². The maximum Gasteiger partial charge on any atom is 0.120 e. The predicted octanol–water partition coefficient (Wildman–Crippen LogP) is 4.65. The van der Waals surface area contributed by atoms with Gasteiger partial charge < -0.3 is 9.73 Å². The number of halogens is 1. The van der Waals surface area contributed by atoms with E-state index in [9.17, 15) is 0 Å². The van der Waals surface area contributed by atoms with E-state index in [1.807, 2.05) is 43.3 Å². The number of nitrogens with one attached hydrogen (secondary N) is 1. The molecule has 2 nitrogen and oxygen atoms in total. The Morgan fingerprint density at radius 3 is 2.22 bits per heavy atom. The van der Waals surface area contributed by atoms with Crippen LogP contribution in [0.15, 0.2) is 40.8 Å². The number of hydrogen-bond acceptors (Lipinski definition) is 2. The zero-order valence-electron chi connectivity index (χ0n) is 10.9. The van der Waals surface area contributed by atoms with Crippen molar-refractivity contribution in [1.82, 2.24) is 5.32 Å². The molecule has 18 heavy (non-hydrogen) atoms. The highest BCUT2D eigenvalue weighted by Crippen LogP contribution is 2.22. The van der Waals surface area contributed by atoms with Gasteiger partial charge in [0.2, 0.25) is 0 Å². The molecule has 1 N–H and O–H groups in total. The molecule has 2 atom stereocenters.